The van der Waals surface area contributed by atoms with E-state index in [9.17, 15) is 9.59 Å². The van der Waals surface area contributed by atoms with Crippen molar-refractivity contribution in [1.29, 1.82) is 0 Å². The summed E-state index contributed by atoms with van der Waals surface area (Å²) in [5.41, 5.74) is 1.28. The van der Waals surface area contributed by atoms with Crippen molar-refractivity contribution in [2.75, 3.05) is 0 Å². The Morgan fingerprint density at radius 3 is 2.92 bits per heavy atom. The first kappa shape index (κ1) is 9.50. The molecule has 0 aliphatic heterocycles. The molecule has 0 bridgehead atoms. The van der Waals surface area contributed by atoms with Gasteiger partial charge in [-0.1, -0.05) is 0 Å². The molecule has 1 rings (SSSR count). The molecule has 0 radical (unpaired) electrons. The molecule has 12 heavy (non-hydrogen) atoms. The largest absolute Gasteiger partial charge is 0.481 e. The first-order valence-electron chi connectivity index (χ1n) is 3.53. The van der Waals surface area contributed by atoms with Crippen LogP contribution in [0.25, 0.3) is 0 Å². The van der Waals surface area contributed by atoms with Gasteiger partial charge in [-0.3, -0.25) is 9.59 Å². The number of quaternary nitrogens is 1. The van der Waals surface area contributed by atoms with Gasteiger partial charge >= 0.3 is 5.97 Å². The third kappa shape index (κ3) is 1.96. The molecule has 2 unspecified atom stereocenters. The summed E-state index contributed by atoms with van der Waals surface area (Å²) >= 11 is 3.46. The fourth-order valence-electron chi connectivity index (χ4n) is 1.30. The number of Topliss-reactive ketones (excluding diaryl/α,β-unsaturated/α-hetero) is 1. The van der Waals surface area contributed by atoms with Crippen molar-refractivity contribution < 1.29 is 24.5 Å². The first-order chi connectivity index (χ1) is 5.65. The molecule has 1 aliphatic rings. The molecule has 0 saturated heterocycles. The number of nitrogens with two attached hydrogens (primary N) is 1. The molecule has 0 aromatic carbocycles. The highest BCUT2D eigenvalue weighted by atomic mass is 32.1. The summed E-state index contributed by atoms with van der Waals surface area (Å²) in [5.74, 6) is -0.970. The maximum atomic E-state index is 10.9. The topological polar surface area (TPSA) is 80.2 Å². The Morgan fingerprint density at radius 2 is 2.50 bits per heavy atom. The molecule has 1 saturated carbocycles. The van der Waals surface area contributed by atoms with Crippen LogP contribution in [0.15, 0.2) is 0 Å². The van der Waals surface area contributed by atoms with Gasteiger partial charge in [0.15, 0.2) is 11.8 Å². The summed E-state index contributed by atoms with van der Waals surface area (Å²) in [6.07, 6.45) is 0.356. The summed E-state index contributed by atoms with van der Waals surface area (Å²) in [6.45, 7) is 0. The fraction of sp³-hybridized carbons (Fsp3) is 0.667. The summed E-state index contributed by atoms with van der Waals surface area (Å²) in [5, 5.41) is 8.44. The van der Waals surface area contributed by atoms with Crippen LogP contribution in [0.2, 0.25) is 0 Å². The number of hydroxylamine groups is 1. The quantitative estimate of drug-likeness (QED) is 0.295. The Hall–Kier alpha value is -0.590. The van der Waals surface area contributed by atoms with Crippen LogP contribution in [0.1, 0.15) is 12.8 Å². The molecular weight excluding hydrogens is 182 g/mol. The average Bonchev–Trinajstić information content (AvgIpc) is 1.99. The van der Waals surface area contributed by atoms with E-state index in [0.717, 1.165) is 0 Å². The third-order valence-corrected chi connectivity index (χ3v) is 2.11. The molecule has 0 spiro atoms. The minimum Gasteiger partial charge on any atom is -0.481 e. The number of hydrogen-bond acceptors (Lipinski definition) is 4. The van der Waals surface area contributed by atoms with Gasteiger partial charge in [-0.05, 0) is 0 Å². The fourth-order valence-corrected chi connectivity index (χ4v) is 1.43. The lowest BCUT2D eigenvalue weighted by atomic mass is 9.77. The minimum absolute atomic E-state index is 0.0179. The van der Waals surface area contributed by atoms with Gasteiger partial charge < -0.3 is 5.11 Å². The second-order valence-corrected chi connectivity index (χ2v) is 3.01. The second kappa shape index (κ2) is 3.88. The average molecular weight is 192 g/mol. The van der Waals surface area contributed by atoms with Crippen LogP contribution in [-0.4, -0.2) is 22.9 Å². The van der Waals surface area contributed by atoms with Crippen LogP contribution in [0.4, 0.5) is 0 Å². The lowest BCUT2D eigenvalue weighted by Gasteiger charge is -2.29. The van der Waals surface area contributed by atoms with Gasteiger partial charge in [0, 0.05) is 25.2 Å². The standard InChI is InChI=1S/C6H9NO4S/c8-4-1-3(2-5(9)10)6(4)7-11-12/h3,6-7,12H,1-2H2,(H,9,10)/p+1. The zero-order valence-electron chi connectivity index (χ0n) is 6.27. The maximum Gasteiger partial charge on any atom is 0.303 e. The molecule has 68 valence electrons. The van der Waals surface area contributed by atoms with Gasteiger partial charge in [-0.25, -0.2) is 0 Å². The molecule has 5 nitrogen and oxygen atoms in total. The molecule has 3 N–H and O–H groups in total. The number of rotatable bonds is 4. The SMILES string of the molecule is O=C(O)CC1CC(=O)C1[NH2+]OS. The van der Waals surface area contributed by atoms with Crippen LogP contribution >= 0.6 is 12.9 Å². The van der Waals surface area contributed by atoms with E-state index in [2.05, 4.69) is 17.2 Å². The molecule has 0 heterocycles. The van der Waals surface area contributed by atoms with E-state index in [1.807, 2.05) is 0 Å². The summed E-state index contributed by atoms with van der Waals surface area (Å²) in [6, 6.07) is -0.376. The molecular formula is C6H10NO4S+. The van der Waals surface area contributed by atoms with E-state index in [1.165, 1.54) is 5.48 Å². The molecule has 0 amide bonds. The van der Waals surface area contributed by atoms with Gasteiger partial charge in [0.2, 0.25) is 0 Å². The molecule has 1 fully saturated rings. The Bertz CT molecular complexity index is 208. The van der Waals surface area contributed by atoms with Crippen LogP contribution in [0, 0.1) is 5.92 Å². The smallest absolute Gasteiger partial charge is 0.303 e. The van der Waals surface area contributed by atoms with Gasteiger partial charge in [-0.2, -0.15) is 5.48 Å². The third-order valence-electron chi connectivity index (χ3n) is 1.99. The minimum atomic E-state index is -0.884. The van der Waals surface area contributed by atoms with Gasteiger partial charge in [0.1, 0.15) is 0 Å². The van der Waals surface area contributed by atoms with Crippen LogP contribution < -0.4 is 5.48 Å². The number of ketones is 1. The van der Waals surface area contributed by atoms with Crippen molar-refractivity contribution in [3.63, 3.8) is 0 Å². The Labute approximate surface area is 74.7 Å². The highest BCUT2D eigenvalue weighted by Crippen LogP contribution is 2.24. The lowest BCUT2D eigenvalue weighted by molar-refractivity contribution is -0.876. The number of carbonyl (C=O) groups is 2. The molecule has 0 aromatic heterocycles. The maximum absolute atomic E-state index is 10.9. The van der Waals surface area contributed by atoms with E-state index < -0.39 is 5.97 Å². The Morgan fingerprint density at radius 1 is 1.83 bits per heavy atom. The summed E-state index contributed by atoms with van der Waals surface area (Å²) in [4.78, 5) is 21.1. The number of hydrogen-bond donors (Lipinski definition) is 3. The van der Waals surface area contributed by atoms with Crippen molar-refractivity contribution >= 4 is 24.7 Å². The predicted octanol–water partition coefficient (Wildman–Crippen LogP) is -1.24. The van der Waals surface area contributed by atoms with E-state index >= 15 is 0 Å². The number of carboxylic acid groups (broad SMARTS) is 1. The molecule has 6 heteroatoms. The molecule has 2 atom stereocenters. The van der Waals surface area contributed by atoms with Gasteiger partial charge in [0.25, 0.3) is 0 Å². The Balaban J connectivity index is 2.37. The van der Waals surface area contributed by atoms with Crippen LogP contribution in [0.3, 0.4) is 0 Å². The number of aliphatic carboxylic acids is 1. The van der Waals surface area contributed by atoms with E-state index in [1.54, 1.807) is 0 Å². The molecule has 0 aromatic rings. The zero-order chi connectivity index (χ0) is 9.14. The van der Waals surface area contributed by atoms with Crippen LogP contribution in [0.5, 0.6) is 0 Å². The van der Waals surface area contributed by atoms with E-state index in [4.69, 9.17) is 5.11 Å². The highest BCUT2D eigenvalue weighted by molar-refractivity contribution is 7.74. The monoisotopic (exact) mass is 192 g/mol. The van der Waals surface area contributed by atoms with E-state index in [-0.39, 0.29) is 24.2 Å². The van der Waals surface area contributed by atoms with Gasteiger partial charge in [0.05, 0.1) is 6.42 Å². The predicted molar refractivity (Wildman–Crippen MR) is 41.2 cm³/mol. The lowest BCUT2D eigenvalue weighted by Crippen LogP contribution is -2.94. The van der Waals surface area contributed by atoms with Crippen LogP contribution in [-0.2, 0) is 13.9 Å². The van der Waals surface area contributed by atoms with Crippen molar-refractivity contribution in [1.82, 2.24) is 0 Å². The van der Waals surface area contributed by atoms with Crippen molar-refractivity contribution in [2.24, 2.45) is 5.92 Å². The molecule has 1 aliphatic carbocycles. The number of thiol groups is 1. The highest BCUT2D eigenvalue weighted by Gasteiger charge is 2.44. The van der Waals surface area contributed by atoms with Crippen molar-refractivity contribution in [3.8, 4) is 0 Å². The number of carbonyl (C=O) groups excluding carboxylic acids is 1. The van der Waals surface area contributed by atoms with Crippen molar-refractivity contribution in [2.45, 2.75) is 18.9 Å². The first-order valence-corrected chi connectivity index (χ1v) is 3.89. The Kier molecular flexibility index (Phi) is 3.07. The number of carboxylic acids is 1. The van der Waals surface area contributed by atoms with Gasteiger partial charge in [-0.15, -0.1) is 4.28 Å². The second-order valence-electron chi connectivity index (χ2n) is 2.80. The van der Waals surface area contributed by atoms with E-state index in [0.29, 0.717) is 6.42 Å². The normalized spacial score (nSPS) is 28.2. The summed E-state index contributed by atoms with van der Waals surface area (Å²) < 4.78 is 4.38. The zero-order valence-corrected chi connectivity index (χ0v) is 7.16. The van der Waals surface area contributed by atoms with Crippen molar-refractivity contribution in [3.05, 3.63) is 0 Å². The summed E-state index contributed by atoms with van der Waals surface area (Å²) in [7, 11) is 0.